The van der Waals surface area contributed by atoms with E-state index in [-0.39, 0.29) is 5.75 Å². The van der Waals surface area contributed by atoms with Crippen molar-refractivity contribution in [2.75, 3.05) is 11.5 Å². The number of benzene rings is 2. The molecule has 0 unspecified atom stereocenters. The second kappa shape index (κ2) is 5.10. The second-order valence-corrected chi connectivity index (χ2v) is 5.67. The Morgan fingerprint density at radius 3 is 2.05 bits per heavy atom. The maximum Gasteiger partial charge on any atom is 0.313 e. The summed E-state index contributed by atoms with van der Waals surface area (Å²) in [5.74, 6) is 0.558. The molecule has 3 rings (SSSR count). The third-order valence-electron chi connectivity index (χ3n) is 3.47. The number of thioether (sulfide) groups is 1. The first-order chi connectivity index (χ1) is 9.27. The summed E-state index contributed by atoms with van der Waals surface area (Å²) in [7, 11) is 0. The molecule has 0 radical (unpaired) electrons. The number of carboxylic acids is 1. The molecule has 1 aliphatic carbocycles. The maximum absolute atomic E-state index is 10.6. The molecular formula is C16H14O2S. The molecule has 2 aromatic rings. The molecule has 2 aromatic carbocycles. The lowest BCUT2D eigenvalue weighted by atomic mass is 9.99. The highest BCUT2D eigenvalue weighted by molar-refractivity contribution is 7.99. The Morgan fingerprint density at radius 2 is 1.53 bits per heavy atom. The van der Waals surface area contributed by atoms with E-state index in [1.165, 1.54) is 34.0 Å². The first-order valence-electron chi connectivity index (χ1n) is 6.25. The Bertz CT molecular complexity index is 576. The van der Waals surface area contributed by atoms with Gasteiger partial charge in [0.15, 0.2) is 0 Å². The van der Waals surface area contributed by atoms with Gasteiger partial charge in [-0.25, -0.2) is 0 Å². The predicted octanol–water partition coefficient (Wildman–Crippen LogP) is 3.62. The number of aliphatic carboxylic acids is 1. The SMILES string of the molecule is O=C(O)CSCC1c2ccccc2-c2ccccc21. The Balaban J connectivity index is 1.93. The van der Waals surface area contributed by atoms with Crippen LogP contribution in [0.4, 0.5) is 0 Å². The topological polar surface area (TPSA) is 37.3 Å². The number of carboxylic acid groups (broad SMARTS) is 1. The third-order valence-corrected chi connectivity index (χ3v) is 4.49. The van der Waals surface area contributed by atoms with E-state index in [1.807, 2.05) is 0 Å². The number of hydrogen-bond donors (Lipinski definition) is 1. The summed E-state index contributed by atoms with van der Waals surface area (Å²) < 4.78 is 0. The lowest BCUT2D eigenvalue weighted by molar-refractivity contribution is -0.133. The Kier molecular flexibility index (Phi) is 3.30. The van der Waals surface area contributed by atoms with Crippen molar-refractivity contribution in [3.05, 3.63) is 59.7 Å². The zero-order chi connectivity index (χ0) is 13.2. The average molecular weight is 270 g/mol. The van der Waals surface area contributed by atoms with Crippen molar-refractivity contribution in [1.29, 1.82) is 0 Å². The van der Waals surface area contributed by atoms with E-state index in [1.54, 1.807) is 0 Å². The minimum Gasteiger partial charge on any atom is -0.481 e. The van der Waals surface area contributed by atoms with Crippen molar-refractivity contribution >= 4 is 17.7 Å². The van der Waals surface area contributed by atoms with Crippen LogP contribution in [0.3, 0.4) is 0 Å². The van der Waals surface area contributed by atoms with Crippen LogP contribution in [-0.2, 0) is 4.79 Å². The molecule has 19 heavy (non-hydrogen) atoms. The smallest absolute Gasteiger partial charge is 0.313 e. The van der Waals surface area contributed by atoms with Crippen molar-refractivity contribution < 1.29 is 9.90 Å². The normalized spacial score (nSPS) is 13.1. The van der Waals surface area contributed by atoms with Crippen LogP contribution in [-0.4, -0.2) is 22.6 Å². The third kappa shape index (κ3) is 2.26. The van der Waals surface area contributed by atoms with Gasteiger partial charge in [0.1, 0.15) is 0 Å². The van der Waals surface area contributed by atoms with Crippen LogP contribution in [0.1, 0.15) is 17.0 Å². The van der Waals surface area contributed by atoms with Crippen LogP contribution >= 0.6 is 11.8 Å². The highest BCUT2D eigenvalue weighted by atomic mass is 32.2. The molecular weight excluding hydrogens is 256 g/mol. The number of hydrogen-bond acceptors (Lipinski definition) is 2. The lowest BCUT2D eigenvalue weighted by Gasteiger charge is -2.12. The molecule has 3 heteroatoms. The van der Waals surface area contributed by atoms with Gasteiger partial charge in [0, 0.05) is 11.7 Å². The monoisotopic (exact) mass is 270 g/mol. The fourth-order valence-corrected chi connectivity index (χ4v) is 3.59. The van der Waals surface area contributed by atoms with Crippen LogP contribution in [0.2, 0.25) is 0 Å². The summed E-state index contributed by atoms with van der Waals surface area (Å²) in [4.78, 5) is 10.6. The van der Waals surface area contributed by atoms with Crippen LogP contribution in [0.25, 0.3) is 11.1 Å². The van der Waals surface area contributed by atoms with E-state index < -0.39 is 5.97 Å². The molecule has 0 aliphatic heterocycles. The first-order valence-corrected chi connectivity index (χ1v) is 7.40. The summed E-state index contributed by atoms with van der Waals surface area (Å²) in [6.45, 7) is 0. The van der Waals surface area contributed by atoms with Gasteiger partial charge in [-0.3, -0.25) is 4.79 Å². The highest BCUT2D eigenvalue weighted by Crippen LogP contribution is 2.45. The fourth-order valence-electron chi connectivity index (χ4n) is 2.70. The minimum atomic E-state index is -0.746. The minimum absolute atomic E-state index is 0.167. The molecule has 0 fully saturated rings. The summed E-state index contributed by atoms with van der Waals surface area (Å²) in [6, 6.07) is 16.8. The molecule has 0 heterocycles. The van der Waals surface area contributed by atoms with E-state index in [0.29, 0.717) is 5.92 Å². The Hall–Kier alpha value is -1.74. The van der Waals surface area contributed by atoms with Gasteiger partial charge < -0.3 is 5.11 Å². The van der Waals surface area contributed by atoms with Crippen molar-refractivity contribution in [2.24, 2.45) is 0 Å². The molecule has 1 aliphatic rings. The van der Waals surface area contributed by atoms with Crippen molar-refractivity contribution in [3.63, 3.8) is 0 Å². The molecule has 0 saturated heterocycles. The van der Waals surface area contributed by atoms with Crippen LogP contribution in [0.5, 0.6) is 0 Å². The molecule has 0 saturated carbocycles. The fraction of sp³-hybridized carbons (Fsp3) is 0.188. The molecule has 96 valence electrons. The number of carbonyl (C=O) groups is 1. The average Bonchev–Trinajstić information content (AvgIpc) is 2.74. The second-order valence-electron chi connectivity index (χ2n) is 4.64. The van der Waals surface area contributed by atoms with Gasteiger partial charge in [-0.15, -0.1) is 11.8 Å². The zero-order valence-corrected chi connectivity index (χ0v) is 11.2. The summed E-state index contributed by atoms with van der Waals surface area (Å²) in [6.07, 6.45) is 0. The molecule has 0 atom stereocenters. The van der Waals surface area contributed by atoms with Gasteiger partial charge in [0.05, 0.1) is 5.75 Å². The van der Waals surface area contributed by atoms with Gasteiger partial charge >= 0.3 is 5.97 Å². The van der Waals surface area contributed by atoms with Crippen LogP contribution < -0.4 is 0 Å². The summed E-state index contributed by atoms with van der Waals surface area (Å²) in [5, 5.41) is 8.76. The number of rotatable bonds is 4. The van der Waals surface area contributed by atoms with E-state index in [2.05, 4.69) is 48.5 Å². The van der Waals surface area contributed by atoms with Gasteiger partial charge in [-0.1, -0.05) is 48.5 Å². The van der Waals surface area contributed by atoms with Gasteiger partial charge in [-0.05, 0) is 22.3 Å². The van der Waals surface area contributed by atoms with E-state index in [4.69, 9.17) is 5.11 Å². The van der Waals surface area contributed by atoms with Gasteiger partial charge in [0.25, 0.3) is 0 Å². The molecule has 0 spiro atoms. The number of fused-ring (bicyclic) bond motifs is 3. The predicted molar refractivity (Wildman–Crippen MR) is 78.7 cm³/mol. The van der Waals surface area contributed by atoms with Crippen molar-refractivity contribution in [1.82, 2.24) is 0 Å². The van der Waals surface area contributed by atoms with Crippen molar-refractivity contribution in [3.8, 4) is 11.1 Å². The van der Waals surface area contributed by atoms with E-state index in [9.17, 15) is 4.79 Å². The van der Waals surface area contributed by atoms with E-state index in [0.717, 1.165) is 5.75 Å². The lowest BCUT2D eigenvalue weighted by Crippen LogP contribution is -2.04. The standard InChI is InChI=1S/C16H14O2S/c17-16(18)10-19-9-15-13-7-3-1-5-11(13)12-6-2-4-8-14(12)15/h1-8,15H,9-10H2,(H,17,18). The molecule has 2 nitrogen and oxygen atoms in total. The van der Waals surface area contributed by atoms with Gasteiger partial charge in [0.2, 0.25) is 0 Å². The zero-order valence-electron chi connectivity index (χ0n) is 10.4. The molecule has 1 N–H and O–H groups in total. The summed E-state index contributed by atoms with van der Waals surface area (Å²) >= 11 is 1.49. The first kappa shape index (κ1) is 12.3. The summed E-state index contributed by atoms with van der Waals surface area (Å²) in [5.41, 5.74) is 5.22. The maximum atomic E-state index is 10.6. The molecule has 0 bridgehead atoms. The van der Waals surface area contributed by atoms with Crippen molar-refractivity contribution in [2.45, 2.75) is 5.92 Å². The van der Waals surface area contributed by atoms with Gasteiger partial charge in [-0.2, -0.15) is 0 Å². The van der Waals surface area contributed by atoms with Crippen LogP contribution in [0, 0.1) is 0 Å². The molecule has 0 amide bonds. The van der Waals surface area contributed by atoms with E-state index >= 15 is 0 Å². The quantitative estimate of drug-likeness (QED) is 0.922. The largest absolute Gasteiger partial charge is 0.481 e. The highest BCUT2D eigenvalue weighted by Gasteiger charge is 2.27. The van der Waals surface area contributed by atoms with Crippen LogP contribution in [0.15, 0.2) is 48.5 Å². The Morgan fingerprint density at radius 1 is 1.00 bits per heavy atom. The molecule has 0 aromatic heterocycles. The Labute approximate surface area is 116 Å².